The zero-order valence-corrected chi connectivity index (χ0v) is 12.3. The zero-order chi connectivity index (χ0) is 14.1. The van der Waals surface area contributed by atoms with Gasteiger partial charge in [0.15, 0.2) is 0 Å². The number of aliphatic carboxylic acids is 1. The van der Waals surface area contributed by atoms with Gasteiger partial charge in [-0.2, -0.15) is 0 Å². The zero-order valence-electron chi connectivity index (χ0n) is 12.3. The first kappa shape index (κ1) is 16.4. The van der Waals surface area contributed by atoms with Gasteiger partial charge in [-0.1, -0.05) is 13.8 Å². The topological polar surface area (TPSA) is 53.0 Å². The van der Waals surface area contributed by atoms with Crippen molar-refractivity contribution >= 4 is 5.97 Å². The summed E-state index contributed by atoms with van der Waals surface area (Å²) in [5.74, 6) is -0.0448. The molecular weight excluding hydrogens is 244 g/mol. The van der Waals surface area contributed by atoms with Crippen LogP contribution in [0.25, 0.3) is 0 Å². The minimum atomic E-state index is -0.707. The third-order valence-corrected chi connectivity index (χ3v) is 3.50. The average molecular weight is 272 g/mol. The summed E-state index contributed by atoms with van der Waals surface area (Å²) in [4.78, 5) is 15.4. The van der Waals surface area contributed by atoms with Gasteiger partial charge >= 0.3 is 5.97 Å². The smallest absolute Gasteiger partial charge is 0.304 e. The molecule has 112 valence electrons. The Morgan fingerprint density at radius 1 is 1.26 bits per heavy atom. The molecule has 19 heavy (non-hydrogen) atoms. The van der Waals surface area contributed by atoms with Gasteiger partial charge in [0.2, 0.25) is 0 Å². The predicted molar refractivity (Wildman–Crippen MR) is 75.4 cm³/mol. The van der Waals surface area contributed by atoms with Gasteiger partial charge in [-0.15, -0.1) is 0 Å². The second-order valence-corrected chi connectivity index (χ2v) is 5.62. The van der Waals surface area contributed by atoms with Crippen LogP contribution < -0.4 is 0 Å². The molecule has 0 aromatic heterocycles. The van der Waals surface area contributed by atoms with E-state index in [1.807, 2.05) is 0 Å². The fourth-order valence-electron chi connectivity index (χ4n) is 2.14. The van der Waals surface area contributed by atoms with Crippen LogP contribution in [0.15, 0.2) is 0 Å². The van der Waals surface area contributed by atoms with Crippen LogP contribution in [-0.2, 0) is 9.53 Å². The molecule has 0 aromatic carbocycles. The molecule has 0 aromatic rings. The SMILES string of the molecule is CC(C)CCN(CCC(=O)O)CCN1CCOCC1. The first-order valence-electron chi connectivity index (χ1n) is 7.32. The van der Waals surface area contributed by atoms with E-state index in [0.717, 1.165) is 52.4 Å². The number of morpholine rings is 1. The number of carboxylic acids is 1. The van der Waals surface area contributed by atoms with Crippen LogP contribution in [0.5, 0.6) is 0 Å². The molecule has 1 N–H and O–H groups in total. The third kappa shape index (κ3) is 8.18. The molecule has 1 heterocycles. The van der Waals surface area contributed by atoms with Gasteiger partial charge in [0.1, 0.15) is 0 Å². The molecule has 0 radical (unpaired) electrons. The molecule has 0 amide bonds. The lowest BCUT2D eigenvalue weighted by Crippen LogP contribution is -2.42. The van der Waals surface area contributed by atoms with E-state index in [1.165, 1.54) is 0 Å². The van der Waals surface area contributed by atoms with Crippen molar-refractivity contribution in [3.8, 4) is 0 Å². The fourth-order valence-corrected chi connectivity index (χ4v) is 2.14. The molecule has 1 rings (SSSR count). The van der Waals surface area contributed by atoms with Gasteiger partial charge in [-0.25, -0.2) is 0 Å². The van der Waals surface area contributed by atoms with Crippen LogP contribution in [0.3, 0.4) is 0 Å². The molecule has 5 heteroatoms. The van der Waals surface area contributed by atoms with Gasteiger partial charge in [0, 0.05) is 32.7 Å². The summed E-state index contributed by atoms with van der Waals surface area (Å²) in [5.41, 5.74) is 0. The summed E-state index contributed by atoms with van der Waals surface area (Å²) in [5, 5.41) is 8.80. The molecule has 0 atom stereocenters. The summed E-state index contributed by atoms with van der Waals surface area (Å²) >= 11 is 0. The van der Waals surface area contributed by atoms with Gasteiger partial charge in [0.25, 0.3) is 0 Å². The Bertz CT molecular complexity index is 253. The first-order chi connectivity index (χ1) is 9.08. The molecular formula is C14H28N2O3. The van der Waals surface area contributed by atoms with Crippen LogP contribution in [-0.4, -0.2) is 73.4 Å². The standard InChI is InChI=1S/C14H28N2O3/c1-13(2)3-5-15(6-4-14(17)18)7-8-16-9-11-19-12-10-16/h13H,3-12H2,1-2H3,(H,17,18). The molecule has 1 aliphatic heterocycles. The maximum absolute atomic E-state index is 10.7. The molecule has 1 saturated heterocycles. The van der Waals surface area contributed by atoms with Gasteiger partial charge in [-0.05, 0) is 18.9 Å². The summed E-state index contributed by atoms with van der Waals surface area (Å²) in [7, 11) is 0. The van der Waals surface area contributed by atoms with Crippen molar-refractivity contribution < 1.29 is 14.6 Å². The monoisotopic (exact) mass is 272 g/mol. The number of ether oxygens (including phenoxy) is 1. The highest BCUT2D eigenvalue weighted by molar-refractivity contribution is 5.66. The largest absolute Gasteiger partial charge is 0.481 e. The number of carbonyl (C=O) groups is 1. The van der Waals surface area contributed by atoms with E-state index in [2.05, 4.69) is 23.6 Å². The van der Waals surface area contributed by atoms with Gasteiger partial charge in [0.05, 0.1) is 19.6 Å². The Morgan fingerprint density at radius 3 is 2.53 bits per heavy atom. The summed E-state index contributed by atoms with van der Waals surface area (Å²) in [6.07, 6.45) is 1.37. The fraction of sp³-hybridized carbons (Fsp3) is 0.929. The van der Waals surface area contributed by atoms with E-state index in [-0.39, 0.29) is 6.42 Å². The summed E-state index contributed by atoms with van der Waals surface area (Å²) in [6, 6.07) is 0. The lowest BCUT2D eigenvalue weighted by atomic mass is 10.1. The molecule has 0 aliphatic carbocycles. The Morgan fingerprint density at radius 2 is 1.95 bits per heavy atom. The minimum absolute atomic E-state index is 0.237. The molecule has 0 unspecified atom stereocenters. The van der Waals surface area contributed by atoms with E-state index in [0.29, 0.717) is 12.5 Å². The van der Waals surface area contributed by atoms with Crippen LogP contribution in [0.4, 0.5) is 0 Å². The lowest BCUT2D eigenvalue weighted by Gasteiger charge is -2.30. The van der Waals surface area contributed by atoms with E-state index < -0.39 is 5.97 Å². The average Bonchev–Trinajstić information content (AvgIpc) is 2.38. The lowest BCUT2D eigenvalue weighted by molar-refractivity contribution is -0.137. The Labute approximate surface area is 116 Å². The van der Waals surface area contributed by atoms with Crippen molar-refractivity contribution in [2.75, 3.05) is 52.5 Å². The highest BCUT2D eigenvalue weighted by Crippen LogP contribution is 2.04. The van der Waals surface area contributed by atoms with Crippen molar-refractivity contribution in [2.45, 2.75) is 26.7 Å². The highest BCUT2D eigenvalue weighted by Gasteiger charge is 2.13. The van der Waals surface area contributed by atoms with Crippen LogP contribution in [0.2, 0.25) is 0 Å². The maximum atomic E-state index is 10.7. The Hall–Kier alpha value is -0.650. The van der Waals surface area contributed by atoms with Crippen LogP contribution in [0.1, 0.15) is 26.7 Å². The second-order valence-electron chi connectivity index (χ2n) is 5.62. The van der Waals surface area contributed by atoms with E-state index >= 15 is 0 Å². The molecule has 0 bridgehead atoms. The number of hydrogen-bond acceptors (Lipinski definition) is 4. The number of rotatable bonds is 9. The Kier molecular flexibility index (Phi) is 8.02. The normalized spacial score (nSPS) is 17.3. The highest BCUT2D eigenvalue weighted by atomic mass is 16.5. The van der Waals surface area contributed by atoms with Crippen molar-refractivity contribution in [2.24, 2.45) is 5.92 Å². The van der Waals surface area contributed by atoms with Gasteiger partial charge in [-0.3, -0.25) is 9.69 Å². The molecule has 5 nitrogen and oxygen atoms in total. The summed E-state index contributed by atoms with van der Waals surface area (Å²) < 4.78 is 5.33. The van der Waals surface area contributed by atoms with E-state index in [4.69, 9.17) is 9.84 Å². The van der Waals surface area contributed by atoms with Crippen molar-refractivity contribution in [3.63, 3.8) is 0 Å². The quantitative estimate of drug-likeness (QED) is 0.682. The van der Waals surface area contributed by atoms with Crippen molar-refractivity contribution in [3.05, 3.63) is 0 Å². The van der Waals surface area contributed by atoms with E-state index in [9.17, 15) is 4.79 Å². The van der Waals surface area contributed by atoms with E-state index in [1.54, 1.807) is 0 Å². The first-order valence-corrected chi connectivity index (χ1v) is 7.32. The third-order valence-electron chi connectivity index (χ3n) is 3.50. The minimum Gasteiger partial charge on any atom is -0.481 e. The molecule has 0 spiro atoms. The van der Waals surface area contributed by atoms with Crippen LogP contribution >= 0.6 is 0 Å². The Balaban J connectivity index is 2.27. The maximum Gasteiger partial charge on any atom is 0.304 e. The molecule has 1 aliphatic rings. The molecule has 1 fully saturated rings. The predicted octanol–water partition coefficient (Wildman–Crippen LogP) is 1.14. The number of hydrogen-bond donors (Lipinski definition) is 1. The number of nitrogens with zero attached hydrogens (tertiary/aromatic N) is 2. The van der Waals surface area contributed by atoms with Crippen molar-refractivity contribution in [1.29, 1.82) is 0 Å². The number of carboxylic acid groups (broad SMARTS) is 1. The molecule has 0 saturated carbocycles. The second kappa shape index (κ2) is 9.28. The summed E-state index contributed by atoms with van der Waals surface area (Å²) in [6.45, 7) is 11.7. The van der Waals surface area contributed by atoms with Crippen molar-refractivity contribution in [1.82, 2.24) is 9.80 Å². The van der Waals surface area contributed by atoms with Gasteiger partial charge < -0.3 is 14.7 Å². The van der Waals surface area contributed by atoms with Crippen LogP contribution in [0, 0.1) is 5.92 Å².